The fourth-order valence-electron chi connectivity index (χ4n) is 1.43. The molecule has 0 amide bonds. The highest BCUT2D eigenvalue weighted by Crippen LogP contribution is 2.33. The quantitative estimate of drug-likeness (QED) is 0.374. The first kappa shape index (κ1) is 18.4. The first-order chi connectivity index (χ1) is 10.0. The van der Waals surface area contributed by atoms with E-state index in [1.807, 2.05) is 6.92 Å². The topological polar surface area (TPSA) is 44.8 Å². The number of rotatable bonds is 9. The molecule has 118 valence electrons. The Morgan fingerprint density at radius 1 is 1.05 bits per heavy atom. The summed E-state index contributed by atoms with van der Waals surface area (Å²) in [5.74, 6) is -0.173. The van der Waals surface area contributed by atoms with Gasteiger partial charge in [-0.15, -0.1) is 0 Å². The first-order valence-electron chi connectivity index (χ1n) is 6.55. The Balaban J connectivity index is 2.25. The van der Waals surface area contributed by atoms with Crippen LogP contribution in [0.3, 0.4) is 0 Å². The largest absolute Gasteiger partial charge is 0.480 e. The molecule has 0 atom stereocenters. The van der Waals surface area contributed by atoms with Gasteiger partial charge in [0.05, 0.1) is 21.7 Å². The molecule has 1 aromatic rings. The van der Waals surface area contributed by atoms with E-state index in [-0.39, 0.29) is 11.6 Å². The van der Waals surface area contributed by atoms with Crippen LogP contribution in [-0.2, 0) is 14.3 Å². The van der Waals surface area contributed by atoms with E-state index in [1.54, 1.807) is 0 Å². The molecular formula is C14H17Cl3O4. The summed E-state index contributed by atoms with van der Waals surface area (Å²) < 4.78 is 15.4. The molecule has 4 nitrogen and oxygen atoms in total. The van der Waals surface area contributed by atoms with Crippen molar-refractivity contribution in [2.24, 2.45) is 0 Å². The Morgan fingerprint density at radius 2 is 1.71 bits per heavy atom. The third-order valence-electron chi connectivity index (χ3n) is 2.47. The number of carbonyl (C=O) groups is 1. The first-order valence-corrected chi connectivity index (χ1v) is 7.68. The summed E-state index contributed by atoms with van der Waals surface area (Å²) in [7, 11) is 0. The van der Waals surface area contributed by atoms with Crippen LogP contribution in [0.5, 0.6) is 5.75 Å². The number of hydrogen-bond acceptors (Lipinski definition) is 4. The molecule has 0 aromatic heterocycles. The van der Waals surface area contributed by atoms with E-state index in [1.165, 1.54) is 12.1 Å². The van der Waals surface area contributed by atoms with Crippen LogP contribution in [0.2, 0.25) is 15.1 Å². The average molecular weight is 356 g/mol. The minimum absolute atomic E-state index is 0.233. The van der Waals surface area contributed by atoms with Crippen LogP contribution in [0.25, 0.3) is 0 Å². The van der Waals surface area contributed by atoms with Crippen LogP contribution < -0.4 is 4.74 Å². The van der Waals surface area contributed by atoms with E-state index in [4.69, 9.17) is 49.0 Å². The smallest absolute Gasteiger partial charge is 0.344 e. The van der Waals surface area contributed by atoms with Crippen molar-refractivity contribution >= 4 is 40.8 Å². The number of halogens is 3. The van der Waals surface area contributed by atoms with Gasteiger partial charge in [0.15, 0.2) is 6.61 Å². The van der Waals surface area contributed by atoms with Crippen molar-refractivity contribution in [3.05, 3.63) is 27.2 Å². The lowest BCUT2D eigenvalue weighted by atomic mass is 10.3. The molecule has 0 saturated heterocycles. The van der Waals surface area contributed by atoms with Gasteiger partial charge in [-0.1, -0.05) is 34.8 Å². The minimum Gasteiger partial charge on any atom is -0.480 e. The van der Waals surface area contributed by atoms with Gasteiger partial charge in [0.25, 0.3) is 0 Å². The zero-order valence-corrected chi connectivity index (χ0v) is 13.9. The number of unbranched alkanes of at least 4 members (excludes halogenated alkanes) is 1. The zero-order valence-electron chi connectivity index (χ0n) is 11.7. The van der Waals surface area contributed by atoms with Gasteiger partial charge < -0.3 is 14.2 Å². The molecule has 0 N–H and O–H groups in total. The lowest BCUT2D eigenvalue weighted by Crippen LogP contribution is -2.16. The SMILES string of the molecule is CCOCCCCOC(=O)COc1cc(Cl)c(Cl)cc1Cl. The maximum Gasteiger partial charge on any atom is 0.344 e. The number of esters is 1. The standard InChI is InChI=1S/C14H17Cl3O4/c1-2-19-5-3-4-6-20-14(18)9-21-13-8-11(16)10(15)7-12(13)17/h7-8H,2-6,9H2,1H3. The van der Waals surface area contributed by atoms with Gasteiger partial charge in [-0.2, -0.15) is 0 Å². The van der Waals surface area contributed by atoms with E-state index in [2.05, 4.69) is 0 Å². The summed E-state index contributed by atoms with van der Waals surface area (Å²) in [6.07, 6.45) is 1.60. The summed E-state index contributed by atoms with van der Waals surface area (Å²) in [5.41, 5.74) is 0. The molecule has 0 fully saturated rings. The van der Waals surface area contributed by atoms with Crippen molar-refractivity contribution in [3.8, 4) is 5.75 Å². The second-order valence-electron chi connectivity index (χ2n) is 4.11. The van der Waals surface area contributed by atoms with Crippen LogP contribution in [0.15, 0.2) is 12.1 Å². The van der Waals surface area contributed by atoms with Crippen LogP contribution in [-0.4, -0.2) is 32.4 Å². The third kappa shape index (κ3) is 7.23. The van der Waals surface area contributed by atoms with E-state index in [9.17, 15) is 4.79 Å². The van der Waals surface area contributed by atoms with Gasteiger partial charge in [-0.05, 0) is 25.8 Å². The minimum atomic E-state index is -0.464. The van der Waals surface area contributed by atoms with Crippen molar-refractivity contribution in [3.63, 3.8) is 0 Å². The number of carbonyl (C=O) groups excluding carboxylic acids is 1. The van der Waals surface area contributed by atoms with Gasteiger partial charge in [-0.25, -0.2) is 4.79 Å². The summed E-state index contributed by atoms with van der Waals surface area (Å²) in [4.78, 5) is 11.5. The average Bonchev–Trinajstić information content (AvgIpc) is 2.45. The fraction of sp³-hybridized carbons (Fsp3) is 0.500. The van der Waals surface area contributed by atoms with Crippen LogP contribution >= 0.6 is 34.8 Å². The second-order valence-corrected chi connectivity index (χ2v) is 5.33. The highest BCUT2D eigenvalue weighted by atomic mass is 35.5. The molecule has 0 aliphatic heterocycles. The van der Waals surface area contributed by atoms with Crippen molar-refractivity contribution in [1.82, 2.24) is 0 Å². The van der Waals surface area contributed by atoms with Gasteiger partial charge in [0.1, 0.15) is 5.75 Å². The Labute approximate surface area is 139 Å². The van der Waals surface area contributed by atoms with Crippen molar-refractivity contribution in [1.29, 1.82) is 0 Å². The molecule has 7 heteroatoms. The monoisotopic (exact) mass is 354 g/mol. The summed E-state index contributed by atoms with van der Waals surface area (Å²) in [6, 6.07) is 2.92. The lowest BCUT2D eigenvalue weighted by Gasteiger charge is -2.09. The van der Waals surface area contributed by atoms with Crippen LogP contribution in [0, 0.1) is 0 Å². The molecule has 0 unspecified atom stereocenters. The molecule has 0 heterocycles. The van der Waals surface area contributed by atoms with Crippen molar-refractivity contribution < 1.29 is 19.0 Å². The third-order valence-corrected chi connectivity index (χ3v) is 3.49. The van der Waals surface area contributed by atoms with Crippen LogP contribution in [0.1, 0.15) is 19.8 Å². The Kier molecular flexibility index (Phi) is 8.85. The zero-order chi connectivity index (χ0) is 15.7. The summed E-state index contributed by atoms with van der Waals surface area (Å²) >= 11 is 17.6. The van der Waals surface area contributed by atoms with Crippen LogP contribution in [0.4, 0.5) is 0 Å². The molecule has 0 radical (unpaired) electrons. The Hall–Kier alpha value is -0.680. The molecule has 1 rings (SSSR count). The van der Waals surface area contributed by atoms with E-state index >= 15 is 0 Å². The molecule has 21 heavy (non-hydrogen) atoms. The normalized spacial score (nSPS) is 10.5. The van der Waals surface area contributed by atoms with E-state index < -0.39 is 5.97 Å². The Morgan fingerprint density at radius 3 is 2.43 bits per heavy atom. The predicted molar refractivity (Wildman–Crippen MR) is 83.7 cm³/mol. The molecule has 0 aliphatic rings. The number of benzene rings is 1. The molecule has 0 aliphatic carbocycles. The molecular weight excluding hydrogens is 339 g/mol. The molecule has 0 saturated carbocycles. The van der Waals surface area contributed by atoms with Gasteiger partial charge >= 0.3 is 5.97 Å². The molecule has 0 spiro atoms. The van der Waals surface area contributed by atoms with Crippen molar-refractivity contribution in [2.75, 3.05) is 26.4 Å². The Bertz CT molecular complexity index is 466. The summed E-state index contributed by atoms with van der Waals surface area (Å²) in [5, 5.41) is 0.917. The second kappa shape index (κ2) is 10.1. The maximum atomic E-state index is 11.5. The van der Waals surface area contributed by atoms with E-state index in [0.717, 1.165) is 12.8 Å². The highest BCUT2D eigenvalue weighted by Gasteiger charge is 2.10. The molecule has 1 aromatic carbocycles. The van der Waals surface area contributed by atoms with E-state index in [0.29, 0.717) is 35.6 Å². The predicted octanol–water partition coefficient (Wildman–Crippen LogP) is 4.39. The number of hydrogen-bond donors (Lipinski definition) is 0. The van der Waals surface area contributed by atoms with Gasteiger partial charge in [-0.3, -0.25) is 0 Å². The number of ether oxygens (including phenoxy) is 3. The van der Waals surface area contributed by atoms with Gasteiger partial charge in [0.2, 0.25) is 0 Å². The maximum absolute atomic E-state index is 11.5. The summed E-state index contributed by atoms with van der Waals surface area (Å²) in [6.45, 7) is 3.40. The highest BCUT2D eigenvalue weighted by molar-refractivity contribution is 6.43. The lowest BCUT2D eigenvalue weighted by molar-refractivity contribution is -0.146. The fourth-order valence-corrected chi connectivity index (χ4v) is 2.02. The molecule has 0 bridgehead atoms. The van der Waals surface area contributed by atoms with Crippen molar-refractivity contribution in [2.45, 2.75) is 19.8 Å². The van der Waals surface area contributed by atoms with Gasteiger partial charge in [0, 0.05) is 19.3 Å².